The van der Waals surface area contributed by atoms with Gasteiger partial charge < -0.3 is 19.7 Å². The minimum absolute atomic E-state index is 0.0757. The van der Waals surface area contributed by atoms with E-state index in [9.17, 15) is 4.79 Å². The summed E-state index contributed by atoms with van der Waals surface area (Å²) >= 11 is 0. The van der Waals surface area contributed by atoms with E-state index in [-0.39, 0.29) is 17.7 Å². The van der Waals surface area contributed by atoms with Gasteiger partial charge in [0.15, 0.2) is 5.82 Å². The maximum atomic E-state index is 15.3. The summed E-state index contributed by atoms with van der Waals surface area (Å²) in [5.41, 5.74) is 2.78. The molecule has 0 atom stereocenters. The third-order valence-electron chi connectivity index (χ3n) is 7.01. The van der Waals surface area contributed by atoms with Crippen LogP contribution in [0.3, 0.4) is 0 Å². The molecule has 0 aliphatic carbocycles. The van der Waals surface area contributed by atoms with Crippen molar-refractivity contribution in [3.8, 4) is 17.4 Å². The second kappa shape index (κ2) is 10.8. The quantitative estimate of drug-likeness (QED) is 0.265. The standard InChI is InChI=1S/C30H28FN7O3/c1-4-28(39)38-11-9-20(10-12-38)41-27-8-7-23-29(35-27)30(33-17-32-23)34-25-13-18(2)26(15-22(25)31)40-21-6-5-19-16-37(3)36-24(19)14-21/h4-8,13-17,20H,1,9-12H2,2-3H3,(H,32,33,34). The zero-order chi connectivity index (χ0) is 28.5. The molecule has 1 saturated heterocycles. The lowest BCUT2D eigenvalue weighted by atomic mass is 10.1. The van der Waals surface area contributed by atoms with Crippen LogP contribution in [0, 0.1) is 12.7 Å². The van der Waals surface area contributed by atoms with Crippen molar-refractivity contribution in [2.75, 3.05) is 18.4 Å². The van der Waals surface area contributed by atoms with Crippen LogP contribution >= 0.6 is 0 Å². The maximum Gasteiger partial charge on any atom is 0.245 e. The van der Waals surface area contributed by atoms with Crippen molar-refractivity contribution in [3.63, 3.8) is 0 Å². The summed E-state index contributed by atoms with van der Waals surface area (Å²) < 4.78 is 29.1. The van der Waals surface area contributed by atoms with Crippen LogP contribution in [-0.4, -0.2) is 54.7 Å². The smallest absolute Gasteiger partial charge is 0.245 e. The number of hydrogen-bond donors (Lipinski definition) is 1. The van der Waals surface area contributed by atoms with Crippen molar-refractivity contribution in [2.45, 2.75) is 25.9 Å². The fraction of sp³-hybridized carbons (Fsp3) is 0.233. The Kier molecular flexibility index (Phi) is 6.92. The maximum absolute atomic E-state index is 15.3. The van der Waals surface area contributed by atoms with Crippen LogP contribution in [0.5, 0.6) is 17.4 Å². The Balaban J connectivity index is 1.20. The Labute approximate surface area is 235 Å². The fourth-order valence-corrected chi connectivity index (χ4v) is 4.88. The van der Waals surface area contributed by atoms with E-state index >= 15 is 4.39 Å². The van der Waals surface area contributed by atoms with Crippen LogP contribution < -0.4 is 14.8 Å². The molecule has 0 spiro atoms. The highest BCUT2D eigenvalue weighted by atomic mass is 19.1. The molecule has 4 heterocycles. The number of ether oxygens (including phenoxy) is 2. The van der Waals surface area contributed by atoms with Gasteiger partial charge in [0, 0.05) is 62.8 Å². The van der Waals surface area contributed by atoms with E-state index in [1.54, 1.807) is 27.8 Å². The Hall–Kier alpha value is -5.06. The molecule has 11 heteroatoms. The molecule has 1 aliphatic heterocycles. The van der Waals surface area contributed by atoms with Gasteiger partial charge in [-0.05, 0) is 42.8 Å². The number of aromatic nitrogens is 5. The number of nitrogens with zero attached hydrogens (tertiary/aromatic N) is 6. The zero-order valence-electron chi connectivity index (χ0n) is 22.7. The lowest BCUT2D eigenvalue weighted by molar-refractivity contribution is -0.127. The van der Waals surface area contributed by atoms with E-state index in [2.05, 4.69) is 31.9 Å². The first kappa shape index (κ1) is 26.2. The van der Waals surface area contributed by atoms with Gasteiger partial charge in [-0.1, -0.05) is 6.58 Å². The van der Waals surface area contributed by atoms with E-state index in [0.29, 0.717) is 60.2 Å². The number of carbonyl (C=O) groups is 1. The molecule has 1 N–H and O–H groups in total. The minimum Gasteiger partial charge on any atom is -0.474 e. The van der Waals surface area contributed by atoms with E-state index in [4.69, 9.17) is 9.47 Å². The Bertz CT molecular complexity index is 1780. The Morgan fingerprint density at radius 2 is 1.95 bits per heavy atom. The lowest BCUT2D eigenvalue weighted by Gasteiger charge is -2.31. The molecular weight excluding hydrogens is 525 g/mol. The first-order valence-corrected chi connectivity index (χ1v) is 13.2. The molecular formula is C30H28FN7O3. The van der Waals surface area contributed by atoms with Crippen LogP contribution in [0.25, 0.3) is 21.9 Å². The molecule has 1 fully saturated rings. The number of piperidine rings is 1. The van der Waals surface area contributed by atoms with E-state index in [1.165, 1.54) is 18.5 Å². The number of anilines is 2. The second-order valence-corrected chi connectivity index (χ2v) is 9.93. The van der Waals surface area contributed by atoms with Crippen molar-refractivity contribution in [1.29, 1.82) is 0 Å². The van der Waals surface area contributed by atoms with E-state index in [0.717, 1.165) is 16.5 Å². The van der Waals surface area contributed by atoms with Crippen molar-refractivity contribution in [2.24, 2.45) is 7.05 Å². The molecule has 1 amide bonds. The zero-order valence-corrected chi connectivity index (χ0v) is 22.7. The number of aryl methyl sites for hydroxylation is 2. The molecule has 0 saturated carbocycles. The van der Waals surface area contributed by atoms with Crippen LogP contribution in [-0.2, 0) is 11.8 Å². The molecule has 0 bridgehead atoms. The molecule has 0 unspecified atom stereocenters. The largest absolute Gasteiger partial charge is 0.474 e. The summed E-state index contributed by atoms with van der Waals surface area (Å²) in [6.07, 6.45) is 5.93. The van der Waals surface area contributed by atoms with Gasteiger partial charge in [0.25, 0.3) is 0 Å². The van der Waals surface area contributed by atoms with Crippen molar-refractivity contribution >= 4 is 39.3 Å². The van der Waals surface area contributed by atoms with Gasteiger partial charge in [0.05, 0.1) is 16.7 Å². The third-order valence-corrected chi connectivity index (χ3v) is 7.01. The highest BCUT2D eigenvalue weighted by Crippen LogP contribution is 2.33. The van der Waals surface area contributed by atoms with E-state index in [1.807, 2.05) is 38.4 Å². The van der Waals surface area contributed by atoms with Crippen LogP contribution in [0.2, 0.25) is 0 Å². The fourth-order valence-electron chi connectivity index (χ4n) is 4.88. The summed E-state index contributed by atoms with van der Waals surface area (Å²) in [6, 6.07) is 12.1. The van der Waals surface area contributed by atoms with Gasteiger partial charge in [-0.2, -0.15) is 5.10 Å². The molecule has 2 aromatic carbocycles. The number of hydrogen-bond acceptors (Lipinski definition) is 8. The van der Waals surface area contributed by atoms with Gasteiger partial charge in [-0.25, -0.2) is 19.3 Å². The number of carbonyl (C=O) groups excluding carboxylic acids is 1. The Morgan fingerprint density at radius 3 is 2.76 bits per heavy atom. The molecule has 208 valence electrons. The highest BCUT2D eigenvalue weighted by Gasteiger charge is 2.23. The Morgan fingerprint density at radius 1 is 1.12 bits per heavy atom. The first-order chi connectivity index (χ1) is 19.9. The topological polar surface area (TPSA) is 107 Å². The van der Waals surface area contributed by atoms with Crippen LogP contribution in [0.15, 0.2) is 67.6 Å². The molecule has 41 heavy (non-hydrogen) atoms. The number of benzene rings is 2. The number of rotatable bonds is 7. The third kappa shape index (κ3) is 5.51. The summed E-state index contributed by atoms with van der Waals surface area (Å²) in [6.45, 7) is 6.58. The number of pyridine rings is 1. The minimum atomic E-state index is -0.510. The number of amides is 1. The van der Waals surface area contributed by atoms with Crippen molar-refractivity contribution < 1.29 is 18.7 Å². The number of likely N-dealkylation sites (tertiary alicyclic amines) is 1. The van der Waals surface area contributed by atoms with Gasteiger partial charge in [0.2, 0.25) is 11.8 Å². The SMILES string of the molecule is C=CC(=O)N1CCC(Oc2ccc3ncnc(Nc4cc(C)c(Oc5ccc6cn(C)nc6c5)cc4F)c3n2)CC1. The summed E-state index contributed by atoms with van der Waals surface area (Å²) in [4.78, 5) is 26.8. The summed E-state index contributed by atoms with van der Waals surface area (Å²) in [7, 11) is 1.86. The van der Waals surface area contributed by atoms with Gasteiger partial charge in [0.1, 0.15) is 35.3 Å². The number of halogens is 1. The number of nitrogens with one attached hydrogen (secondary N) is 1. The van der Waals surface area contributed by atoms with Crippen LogP contribution in [0.4, 0.5) is 15.9 Å². The van der Waals surface area contributed by atoms with Crippen molar-refractivity contribution in [3.05, 3.63) is 79.0 Å². The van der Waals surface area contributed by atoms with Gasteiger partial charge >= 0.3 is 0 Å². The van der Waals surface area contributed by atoms with Gasteiger partial charge in [-0.15, -0.1) is 0 Å². The molecule has 1 aliphatic rings. The predicted octanol–water partition coefficient (Wildman–Crippen LogP) is 5.45. The normalized spacial score (nSPS) is 13.9. The molecule has 0 radical (unpaired) electrons. The van der Waals surface area contributed by atoms with E-state index < -0.39 is 5.82 Å². The first-order valence-electron chi connectivity index (χ1n) is 13.2. The lowest BCUT2D eigenvalue weighted by Crippen LogP contribution is -2.41. The number of fused-ring (bicyclic) bond motifs is 2. The van der Waals surface area contributed by atoms with Crippen LogP contribution in [0.1, 0.15) is 18.4 Å². The molecule has 10 nitrogen and oxygen atoms in total. The average molecular weight is 554 g/mol. The summed E-state index contributed by atoms with van der Waals surface area (Å²) in [5.74, 6) is 1.13. The van der Waals surface area contributed by atoms with Crippen molar-refractivity contribution in [1.82, 2.24) is 29.6 Å². The van der Waals surface area contributed by atoms with Gasteiger partial charge in [-0.3, -0.25) is 9.48 Å². The second-order valence-electron chi connectivity index (χ2n) is 9.93. The molecule has 6 rings (SSSR count). The predicted molar refractivity (Wildman–Crippen MR) is 153 cm³/mol. The monoisotopic (exact) mass is 553 g/mol. The highest BCUT2D eigenvalue weighted by molar-refractivity contribution is 5.88. The average Bonchev–Trinajstić information content (AvgIpc) is 3.35. The molecule has 5 aromatic rings. The molecule has 3 aromatic heterocycles. The summed E-state index contributed by atoms with van der Waals surface area (Å²) in [5, 5.41) is 8.46.